The summed E-state index contributed by atoms with van der Waals surface area (Å²) >= 11 is 6.46. The van der Waals surface area contributed by atoms with E-state index in [9.17, 15) is 14.7 Å². The molecule has 0 spiro atoms. The number of rotatable bonds is 4. The van der Waals surface area contributed by atoms with Gasteiger partial charge >= 0.3 is 0 Å². The van der Waals surface area contributed by atoms with Crippen molar-refractivity contribution >= 4 is 51.9 Å². The number of carbonyl (C=O) groups excluding carboxylic acids is 2. The standard InChI is InChI=1S/C18H13NO4S2/c1-23-14-7-5-11(6-8-14)9-15-16(20)19(18(24)25-15)13-4-2-3-12(10-13)17(21)22/h2-10H,1H3,(H,21,22)/p-1/b15-9+. The first kappa shape index (κ1) is 17.2. The topological polar surface area (TPSA) is 69.7 Å². The van der Waals surface area contributed by atoms with E-state index in [2.05, 4.69) is 0 Å². The van der Waals surface area contributed by atoms with E-state index < -0.39 is 5.97 Å². The van der Waals surface area contributed by atoms with Crippen LogP contribution >= 0.6 is 24.0 Å². The normalized spacial score (nSPS) is 15.7. The van der Waals surface area contributed by atoms with Crippen molar-refractivity contribution in [2.45, 2.75) is 0 Å². The molecule has 0 N–H and O–H groups in total. The number of carboxylic acid groups (broad SMARTS) is 1. The van der Waals surface area contributed by atoms with Gasteiger partial charge in [0.05, 0.1) is 23.7 Å². The lowest BCUT2D eigenvalue weighted by molar-refractivity contribution is -0.255. The summed E-state index contributed by atoms with van der Waals surface area (Å²) in [6, 6.07) is 13.2. The van der Waals surface area contributed by atoms with E-state index in [1.54, 1.807) is 37.5 Å². The van der Waals surface area contributed by atoms with Crippen LogP contribution in [0.5, 0.6) is 5.75 Å². The second kappa shape index (κ2) is 7.08. The van der Waals surface area contributed by atoms with Gasteiger partial charge in [0.25, 0.3) is 5.91 Å². The highest BCUT2D eigenvalue weighted by atomic mass is 32.2. The molecule has 0 aliphatic carbocycles. The van der Waals surface area contributed by atoms with Crippen LogP contribution in [0.1, 0.15) is 15.9 Å². The number of hydrogen-bond donors (Lipinski definition) is 0. The molecule has 1 aliphatic heterocycles. The van der Waals surface area contributed by atoms with Gasteiger partial charge in [-0.15, -0.1) is 0 Å². The number of thiocarbonyl (C=S) groups is 1. The third kappa shape index (κ3) is 3.57. The Morgan fingerprint density at radius 3 is 2.60 bits per heavy atom. The first-order valence-electron chi connectivity index (χ1n) is 7.23. The van der Waals surface area contributed by atoms with E-state index in [0.717, 1.165) is 11.3 Å². The second-order valence-corrected chi connectivity index (χ2v) is 6.80. The molecule has 0 radical (unpaired) electrons. The van der Waals surface area contributed by atoms with Crippen molar-refractivity contribution in [3.05, 3.63) is 64.6 Å². The summed E-state index contributed by atoms with van der Waals surface area (Å²) in [5.74, 6) is -0.869. The highest BCUT2D eigenvalue weighted by molar-refractivity contribution is 8.27. The summed E-state index contributed by atoms with van der Waals surface area (Å²) in [7, 11) is 1.58. The minimum Gasteiger partial charge on any atom is -0.545 e. The largest absolute Gasteiger partial charge is 0.545 e. The fraction of sp³-hybridized carbons (Fsp3) is 0.0556. The maximum Gasteiger partial charge on any atom is 0.270 e. The molecule has 0 saturated carbocycles. The highest BCUT2D eigenvalue weighted by Crippen LogP contribution is 2.36. The molecular weight excluding hydrogens is 358 g/mol. The maximum absolute atomic E-state index is 12.7. The Labute approximate surface area is 153 Å². The first-order valence-corrected chi connectivity index (χ1v) is 8.45. The molecule has 0 aromatic heterocycles. The summed E-state index contributed by atoms with van der Waals surface area (Å²) in [6.07, 6.45) is 1.74. The predicted octanol–water partition coefficient (Wildman–Crippen LogP) is 2.46. The van der Waals surface area contributed by atoms with Crippen LogP contribution in [0, 0.1) is 0 Å². The third-order valence-electron chi connectivity index (χ3n) is 3.55. The lowest BCUT2D eigenvalue weighted by Gasteiger charge is -2.15. The first-order chi connectivity index (χ1) is 12.0. The number of carboxylic acids is 1. The molecule has 3 rings (SSSR count). The lowest BCUT2D eigenvalue weighted by atomic mass is 10.2. The number of benzene rings is 2. The number of nitrogens with zero attached hydrogens (tertiary/aromatic N) is 1. The second-order valence-electron chi connectivity index (χ2n) is 5.13. The summed E-state index contributed by atoms with van der Waals surface area (Å²) in [5, 5.41) is 11.0. The number of amides is 1. The summed E-state index contributed by atoms with van der Waals surface area (Å²) in [4.78, 5) is 25.5. The highest BCUT2D eigenvalue weighted by Gasteiger charge is 2.33. The van der Waals surface area contributed by atoms with Gasteiger partial charge in [0.15, 0.2) is 4.32 Å². The molecule has 2 aromatic carbocycles. The van der Waals surface area contributed by atoms with Crippen molar-refractivity contribution in [1.82, 2.24) is 0 Å². The van der Waals surface area contributed by atoms with Gasteiger partial charge in [0.1, 0.15) is 5.75 Å². The fourth-order valence-electron chi connectivity index (χ4n) is 2.31. The molecule has 126 valence electrons. The number of thioether (sulfide) groups is 1. The van der Waals surface area contributed by atoms with Crippen molar-refractivity contribution in [3.8, 4) is 5.75 Å². The molecule has 1 aliphatic rings. The third-order valence-corrected chi connectivity index (χ3v) is 4.85. The smallest absolute Gasteiger partial charge is 0.270 e. The van der Waals surface area contributed by atoms with E-state index in [1.165, 1.54) is 28.8 Å². The molecule has 7 heteroatoms. The number of hydrogen-bond acceptors (Lipinski definition) is 6. The number of anilines is 1. The van der Waals surface area contributed by atoms with Gasteiger partial charge in [-0.25, -0.2) is 0 Å². The van der Waals surface area contributed by atoms with Gasteiger partial charge in [-0.3, -0.25) is 9.69 Å². The van der Waals surface area contributed by atoms with Crippen LogP contribution in [0.2, 0.25) is 0 Å². The monoisotopic (exact) mass is 370 g/mol. The molecule has 0 unspecified atom stereocenters. The van der Waals surface area contributed by atoms with Crippen molar-refractivity contribution in [1.29, 1.82) is 0 Å². The van der Waals surface area contributed by atoms with Crippen molar-refractivity contribution in [2.75, 3.05) is 12.0 Å². The van der Waals surface area contributed by atoms with Crippen molar-refractivity contribution in [2.24, 2.45) is 0 Å². The fourth-order valence-corrected chi connectivity index (χ4v) is 3.61. The zero-order valence-corrected chi connectivity index (χ0v) is 14.7. The van der Waals surface area contributed by atoms with Crippen LogP contribution in [-0.2, 0) is 4.79 Å². The molecule has 2 aromatic rings. The molecule has 0 bridgehead atoms. The van der Waals surface area contributed by atoms with Crippen LogP contribution < -0.4 is 14.7 Å². The molecule has 25 heavy (non-hydrogen) atoms. The maximum atomic E-state index is 12.7. The molecular formula is C18H12NO4S2-. The van der Waals surface area contributed by atoms with E-state index in [4.69, 9.17) is 17.0 Å². The lowest BCUT2D eigenvalue weighted by Crippen LogP contribution is -2.28. The van der Waals surface area contributed by atoms with Crippen LogP contribution in [-0.4, -0.2) is 23.3 Å². The quantitative estimate of drug-likeness (QED) is 0.608. The summed E-state index contributed by atoms with van der Waals surface area (Å²) < 4.78 is 5.46. The van der Waals surface area contributed by atoms with Crippen LogP contribution in [0.4, 0.5) is 5.69 Å². The van der Waals surface area contributed by atoms with Crippen LogP contribution in [0.25, 0.3) is 6.08 Å². The SMILES string of the molecule is COc1ccc(/C=C2/SC(=S)N(c3cccc(C(=O)[O-])c3)C2=O)cc1. The van der Waals surface area contributed by atoms with Crippen LogP contribution in [0.15, 0.2) is 53.4 Å². The molecule has 5 nitrogen and oxygen atoms in total. The van der Waals surface area contributed by atoms with E-state index in [0.29, 0.717) is 14.9 Å². The van der Waals surface area contributed by atoms with E-state index in [-0.39, 0.29) is 11.5 Å². The zero-order valence-electron chi connectivity index (χ0n) is 13.1. The number of aromatic carboxylic acids is 1. The average molecular weight is 370 g/mol. The molecule has 1 amide bonds. The Bertz CT molecular complexity index is 890. The Morgan fingerprint density at radius 1 is 1.24 bits per heavy atom. The Kier molecular flexibility index (Phi) is 4.87. The molecule has 1 fully saturated rings. The minimum atomic E-state index is -1.30. The van der Waals surface area contributed by atoms with Crippen molar-refractivity contribution in [3.63, 3.8) is 0 Å². The number of carbonyl (C=O) groups is 2. The summed E-state index contributed by atoms with van der Waals surface area (Å²) in [5.41, 5.74) is 1.23. The van der Waals surface area contributed by atoms with Gasteiger partial charge in [0, 0.05) is 0 Å². The summed E-state index contributed by atoms with van der Waals surface area (Å²) in [6.45, 7) is 0. The zero-order chi connectivity index (χ0) is 18.0. The van der Waals surface area contributed by atoms with Gasteiger partial charge in [-0.1, -0.05) is 48.2 Å². The molecule has 1 saturated heterocycles. The Hall–Kier alpha value is -2.64. The Balaban J connectivity index is 1.90. The molecule has 1 heterocycles. The minimum absolute atomic E-state index is 0.00863. The number of ether oxygens (including phenoxy) is 1. The van der Waals surface area contributed by atoms with Crippen molar-refractivity contribution < 1.29 is 19.4 Å². The predicted molar refractivity (Wildman–Crippen MR) is 99.4 cm³/mol. The van der Waals surface area contributed by atoms with Gasteiger partial charge in [-0.2, -0.15) is 0 Å². The number of methoxy groups -OCH3 is 1. The average Bonchev–Trinajstić information content (AvgIpc) is 2.89. The Morgan fingerprint density at radius 2 is 1.96 bits per heavy atom. The molecule has 0 atom stereocenters. The van der Waals surface area contributed by atoms with E-state index in [1.807, 2.05) is 12.1 Å². The van der Waals surface area contributed by atoms with Gasteiger partial charge in [0.2, 0.25) is 0 Å². The van der Waals surface area contributed by atoms with Gasteiger partial charge < -0.3 is 14.6 Å². The van der Waals surface area contributed by atoms with Gasteiger partial charge in [-0.05, 0) is 41.5 Å². The van der Waals surface area contributed by atoms with Crippen LogP contribution in [0.3, 0.4) is 0 Å². The van der Waals surface area contributed by atoms with E-state index >= 15 is 0 Å².